The molecule has 2 rings (SSSR count). The molecule has 2 heterocycles. The van der Waals surface area contributed by atoms with Crippen LogP contribution in [0, 0.1) is 0 Å². The molecule has 0 bridgehead atoms. The van der Waals surface area contributed by atoms with Gasteiger partial charge in [0.05, 0.1) is 17.4 Å². The van der Waals surface area contributed by atoms with E-state index in [2.05, 4.69) is 5.32 Å². The molecule has 0 unspecified atom stereocenters. The molecule has 0 spiro atoms. The summed E-state index contributed by atoms with van der Waals surface area (Å²) in [5.74, 6) is -0.105. The van der Waals surface area contributed by atoms with E-state index >= 15 is 0 Å². The van der Waals surface area contributed by atoms with Gasteiger partial charge in [-0.3, -0.25) is 0 Å². The summed E-state index contributed by atoms with van der Waals surface area (Å²) < 4.78 is 22.6. The molecular weight excluding hydrogens is 292 g/mol. The van der Waals surface area contributed by atoms with Crippen molar-refractivity contribution in [2.24, 2.45) is 0 Å². The van der Waals surface area contributed by atoms with E-state index in [1.54, 1.807) is 0 Å². The lowest BCUT2D eigenvalue weighted by Gasteiger charge is -2.27. The summed E-state index contributed by atoms with van der Waals surface area (Å²) in [6.07, 6.45) is 0.791. The molecule has 0 radical (unpaired) electrons. The maximum absolute atomic E-state index is 12.0. The monoisotopic (exact) mass is 308 g/mol. The number of thioether (sulfide) groups is 1. The number of sulfone groups is 1. The number of aliphatic carboxylic acids is 1. The van der Waals surface area contributed by atoms with Crippen molar-refractivity contribution in [2.75, 3.05) is 23.1 Å². The lowest BCUT2D eigenvalue weighted by atomic mass is 10.1. The van der Waals surface area contributed by atoms with E-state index in [0.717, 1.165) is 0 Å². The number of nitrogens with zero attached hydrogens (tertiary/aromatic N) is 1. The van der Waals surface area contributed by atoms with Gasteiger partial charge < -0.3 is 15.3 Å². The number of urea groups is 1. The SMILES string of the molecule is O=C(O)[C@@H]1CSCN1C(=O)NC1CCS(=O)(=O)CC1. The average Bonchev–Trinajstić information content (AvgIpc) is 2.81. The second-order valence-electron chi connectivity index (χ2n) is 4.70. The van der Waals surface area contributed by atoms with Crippen LogP contribution in [0.4, 0.5) is 4.79 Å². The Hall–Kier alpha value is -0.960. The Morgan fingerprint density at radius 2 is 1.89 bits per heavy atom. The van der Waals surface area contributed by atoms with Crippen LogP contribution >= 0.6 is 11.8 Å². The Balaban J connectivity index is 1.89. The van der Waals surface area contributed by atoms with Gasteiger partial charge in [0.1, 0.15) is 15.9 Å². The fourth-order valence-corrected chi connectivity index (χ4v) is 4.78. The van der Waals surface area contributed by atoms with Gasteiger partial charge in [-0.15, -0.1) is 11.8 Å². The Morgan fingerprint density at radius 1 is 1.26 bits per heavy atom. The smallest absolute Gasteiger partial charge is 0.327 e. The highest BCUT2D eigenvalue weighted by Gasteiger charge is 2.36. The normalized spacial score (nSPS) is 27.2. The Bertz CT molecular complexity index is 464. The van der Waals surface area contributed by atoms with E-state index in [4.69, 9.17) is 5.11 Å². The third-order valence-electron chi connectivity index (χ3n) is 3.31. The molecule has 2 fully saturated rings. The number of carbonyl (C=O) groups is 2. The topological polar surface area (TPSA) is 104 Å². The van der Waals surface area contributed by atoms with Crippen LogP contribution in [0.2, 0.25) is 0 Å². The van der Waals surface area contributed by atoms with Crippen molar-refractivity contribution in [3.05, 3.63) is 0 Å². The van der Waals surface area contributed by atoms with Crippen LogP contribution in [0.3, 0.4) is 0 Å². The number of nitrogens with one attached hydrogen (secondary N) is 1. The molecule has 7 nitrogen and oxygen atoms in total. The van der Waals surface area contributed by atoms with Gasteiger partial charge in [0.15, 0.2) is 0 Å². The van der Waals surface area contributed by atoms with Crippen LogP contribution in [-0.4, -0.2) is 65.6 Å². The third-order valence-corrected chi connectivity index (χ3v) is 6.04. The minimum atomic E-state index is -2.96. The first-order valence-electron chi connectivity index (χ1n) is 5.97. The molecule has 0 aromatic rings. The van der Waals surface area contributed by atoms with Crippen molar-refractivity contribution >= 4 is 33.6 Å². The largest absolute Gasteiger partial charge is 0.480 e. The molecule has 1 atom stereocenters. The van der Waals surface area contributed by atoms with E-state index < -0.39 is 27.9 Å². The number of rotatable bonds is 2. The van der Waals surface area contributed by atoms with Gasteiger partial charge in [0.2, 0.25) is 0 Å². The molecule has 0 aliphatic carbocycles. The molecule has 2 aliphatic rings. The maximum atomic E-state index is 12.0. The van der Waals surface area contributed by atoms with Gasteiger partial charge >= 0.3 is 12.0 Å². The van der Waals surface area contributed by atoms with E-state index in [0.29, 0.717) is 24.5 Å². The highest BCUT2D eigenvalue weighted by molar-refractivity contribution is 7.99. The lowest BCUT2D eigenvalue weighted by molar-refractivity contribution is -0.140. The molecule has 2 aliphatic heterocycles. The van der Waals surface area contributed by atoms with Crippen LogP contribution in [0.5, 0.6) is 0 Å². The summed E-state index contributed by atoms with van der Waals surface area (Å²) in [5.41, 5.74) is 0. The number of amides is 2. The van der Waals surface area contributed by atoms with Crippen molar-refractivity contribution in [1.82, 2.24) is 10.2 Å². The molecule has 0 aromatic heterocycles. The predicted octanol–water partition coefficient (Wildman–Crippen LogP) is -0.267. The highest BCUT2D eigenvalue weighted by atomic mass is 32.2. The predicted molar refractivity (Wildman–Crippen MR) is 70.8 cm³/mol. The Morgan fingerprint density at radius 3 is 2.47 bits per heavy atom. The van der Waals surface area contributed by atoms with Crippen molar-refractivity contribution < 1.29 is 23.1 Å². The Kier molecular flexibility index (Phi) is 4.24. The summed E-state index contributed by atoms with van der Waals surface area (Å²) in [6, 6.07) is -1.39. The summed E-state index contributed by atoms with van der Waals surface area (Å²) in [7, 11) is -2.96. The lowest BCUT2D eigenvalue weighted by Crippen LogP contribution is -2.51. The molecule has 2 amide bonds. The molecule has 108 valence electrons. The summed E-state index contributed by atoms with van der Waals surface area (Å²) >= 11 is 1.40. The van der Waals surface area contributed by atoms with Crippen LogP contribution in [0.25, 0.3) is 0 Å². The molecule has 2 saturated heterocycles. The highest BCUT2D eigenvalue weighted by Crippen LogP contribution is 2.21. The summed E-state index contributed by atoms with van der Waals surface area (Å²) in [5, 5.41) is 11.7. The van der Waals surface area contributed by atoms with Gasteiger partial charge in [0.25, 0.3) is 0 Å². The van der Waals surface area contributed by atoms with Gasteiger partial charge in [-0.1, -0.05) is 0 Å². The zero-order valence-corrected chi connectivity index (χ0v) is 11.9. The fourth-order valence-electron chi connectivity index (χ4n) is 2.14. The first kappa shape index (κ1) is 14.4. The fraction of sp³-hybridized carbons (Fsp3) is 0.800. The molecule has 0 aromatic carbocycles. The molecule has 0 saturated carbocycles. The second-order valence-corrected chi connectivity index (χ2v) is 8.00. The van der Waals surface area contributed by atoms with E-state index in [1.807, 2.05) is 0 Å². The minimum Gasteiger partial charge on any atom is -0.480 e. The van der Waals surface area contributed by atoms with Gasteiger partial charge in [-0.25, -0.2) is 18.0 Å². The summed E-state index contributed by atoms with van der Waals surface area (Å²) in [4.78, 5) is 24.2. The van der Waals surface area contributed by atoms with Gasteiger partial charge in [-0.2, -0.15) is 0 Å². The van der Waals surface area contributed by atoms with Crippen LogP contribution in [-0.2, 0) is 14.6 Å². The number of hydrogen-bond donors (Lipinski definition) is 2. The first-order chi connectivity index (χ1) is 8.89. The average molecular weight is 308 g/mol. The van der Waals surface area contributed by atoms with Gasteiger partial charge in [0, 0.05) is 11.8 Å². The van der Waals surface area contributed by atoms with E-state index in [-0.39, 0.29) is 17.5 Å². The van der Waals surface area contributed by atoms with E-state index in [1.165, 1.54) is 16.7 Å². The number of carboxylic acids is 1. The third kappa shape index (κ3) is 3.53. The standard InChI is InChI=1S/C10H16N2O5S2/c13-9(14)8-5-18-6-12(8)10(15)11-7-1-3-19(16,17)4-2-7/h7-8H,1-6H2,(H,11,15)(H,13,14)/t8-/m0/s1. The molecule has 9 heteroatoms. The van der Waals surface area contributed by atoms with Crippen molar-refractivity contribution in [3.8, 4) is 0 Å². The summed E-state index contributed by atoms with van der Waals surface area (Å²) in [6.45, 7) is 0. The molecular formula is C10H16N2O5S2. The maximum Gasteiger partial charge on any atom is 0.327 e. The zero-order valence-electron chi connectivity index (χ0n) is 10.2. The van der Waals surface area contributed by atoms with Crippen LogP contribution in [0.15, 0.2) is 0 Å². The zero-order chi connectivity index (χ0) is 14.0. The van der Waals surface area contributed by atoms with Crippen molar-refractivity contribution in [2.45, 2.75) is 24.9 Å². The Labute approximate surface area is 115 Å². The minimum absolute atomic E-state index is 0.0784. The van der Waals surface area contributed by atoms with E-state index in [9.17, 15) is 18.0 Å². The number of hydrogen-bond acceptors (Lipinski definition) is 5. The first-order valence-corrected chi connectivity index (χ1v) is 8.95. The number of carbonyl (C=O) groups excluding carboxylic acids is 1. The van der Waals surface area contributed by atoms with Crippen LogP contribution < -0.4 is 5.32 Å². The number of carboxylic acid groups (broad SMARTS) is 1. The quantitative estimate of drug-likeness (QED) is 0.728. The second kappa shape index (κ2) is 5.58. The van der Waals surface area contributed by atoms with Crippen molar-refractivity contribution in [3.63, 3.8) is 0 Å². The molecule has 2 N–H and O–H groups in total. The van der Waals surface area contributed by atoms with Gasteiger partial charge in [-0.05, 0) is 12.8 Å². The van der Waals surface area contributed by atoms with Crippen molar-refractivity contribution in [1.29, 1.82) is 0 Å². The molecule has 19 heavy (non-hydrogen) atoms. The van der Waals surface area contributed by atoms with Crippen LogP contribution in [0.1, 0.15) is 12.8 Å².